The summed E-state index contributed by atoms with van der Waals surface area (Å²) in [5.74, 6) is -1.40. The second kappa shape index (κ2) is 5.53. The number of carboxylic acid groups (broad SMARTS) is 1. The molecule has 2 atom stereocenters. The number of benzene rings is 1. The molecule has 0 bridgehead atoms. The van der Waals surface area contributed by atoms with Gasteiger partial charge in [-0.05, 0) is 24.7 Å². The fraction of sp³-hybridized carbons (Fsp3) is 0.364. The van der Waals surface area contributed by atoms with Crippen molar-refractivity contribution in [2.45, 2.75) is 13.0 Å². The third-order valence-electron chi connectivity index (χ3n) is 2.50. The highest BCUT2D eigenvalue weighted by atomic mass is 35.5. The zero-order chi connectivity index (χ0) is 12.3. The Kier molecular flexibility index (Phi) is 4.59. The van der Waals surface area contributed by atoms with Gasteiger partial charge >= 0.3 is 5.97 Å². The first kappa shape index (κ1) is 13.3. The number of hydrogen-bond acceptors (Lipinski definition) is 2. The van der Waals surface area contributed by atoms with Crippen LogP contribution in [-0.2, 0) is 4.79 Å². The molecule has 0 heterocycles. The van der Waals surface area contributed by atoms with E-state index in [-0.39, 0.29) is 6.04 Å². The maximum atomic E-state index is 10.9. The van der Waals surface area contributed by atoms with Gasteiger partial charge in [0.05, 0.1) is 16.0 Å². The number of rotatable bonds is 4. The zero-order valence-corrected chi connectivity index (χ0v) is 10.5. The van der Waals surface area contributed by atoms with Crippen LogP contribution in [0.5, 0.6) is 0 Å². The Morgan fingerprint density at radius 1 is 1.38 bits per heavy atom. The molecule has 0 aliphatic heterocycles. The second-order valence-electron chi connectivity index (χ2n) is 3.57. The molecule has 0 aromatic heterocycles. The number of nitrogens with one attached hydrogen (secondary N) is 1. The summed E-state index contributed by atoms with van der Waals surface area (Å²) in [7, 11) is 1.71. The van der Waals surface area contributed by atoms with Crippen LogP contribution in [0.15, 0.2) is 18.2 Å². The van der Waals surface area contributed by atoms with E-state index in [4.69, 9.17) is 28.3 Å². The van der Waals surface area contributed by atoms with Crippen molar-refractivity contribution in [3.05, 3.63) is 33.8 Å². The number of carbonyl (C=O) groups is 1. The van der Waals surface area contributed by atoms with Gasteiger partial charge in [0.25, 0.3) is 0 Å². The Balaban J connectivity index is 3.04. The summed E-state index contributed by atoms with van der Waals surface area (Å²) in [6, 6.07) is 4.84. The van der Waals surface area contributed by atoms with Crippen molar-refractivity contribution in [3.8, 4) is 0 Å². The number of halogens is 2. The minimum absolute atomic E-state index is 0.285. The van der Waals surface area contributed by atoms with Gasteiger partial charge in [-0.1, -0.05) is 36.2 Å². The lowest BCUT2D eigenvalue weighted by atomic mass is 9.95. The lowest BCUT2D eigenvalue weighted by molar-refractivity contribution is -0.142. The third kappa shape index (κ3) is 2.88. The molecule has 1 aromatic carbocycles. The highest BCUT2D eigenvalue weighted by Gasteiger charge is 2.23. The van der Waals surface area contributed by atoms with E-state index >= 15 is 0 Å². The lowest BCUT2D eigenvalue weighted by Gasteiger charge is -2.21. The van der Waals surface area contributed by atoms with E-state index < -0.39 is 11.9 Å². The van der Waals surface area contributed by atoms with Crippen LogP contribution in [0, 0.1) is 5.92 Å². The summed E-state index contributed by atoms with van der Waals surface area (Å²) < 4.78 is 0. The standard InChI is InChI=1S/C11H13Cl2NO2/c1-6(11(15)16)10(14-2)7-3-4-8(12)9(13)5-7/h3-6,10,14H,1-2H3,(H,15,16). The molecule has 2 unspecified atom stereocenters. The first-order valence-electron chi connectivity index (χ1n) is 4.82. The fourth-order valence-electron chi connectivity index (χ4n) is 1.55. The molecule has 1 aromatic rings. The van der Waals surface area contributed by atoms with E-state index in [9.17, 15) is 4.79 Å². The normalized spacial score (nSPS) is 14.5. The van der Waals surface area contributed by atoms with Crippen LogP contribution in [0.25, 0.3) is 0 Å². The summed E-state index contributed by atoms with van der Waals surface area (Å²) >= 11 is 11.7. The Bertz CT molecular complexity index is 396. The van der Waals surface area contributed by atoms with Crippen molar-refractivity contribution in [3.63, 3.8) is 0 Å². The quantitative estimate of drug-likeness (QED) is 0.876. The molecule has 0 saturated heterocycles. The van der Waals surface area contributed by atoms with Crippen molar-refractivity contribution in [2.75, 3.05) is 7.05 Å². The summed E-state index contributed by atoms with van der Waals surface area (Å²) in [5.41, 5.74) is 0.812. The molecule has 2 N–H and O–H groups in total. The number of hydrogen-bond donors (Lipinski definition) is 2. The van der Waals surface area contributed by atoms with Crippen LogP contribution in [0.4, 0.5) is 0 Å². The van der Waals surface area contributed by atoms with E-state index in [1.54, 1.807) is 32.2 Å². The fourth-order valence-corrected chi connectivity index (χ4v) is 1.86. The van der Waals surface area contributed by atoms with Crippen molar-refractivity contribution in [1.82, 2.24) is 5.32 Å². The summed E-state index contributed by atoms with van der Waals surface area (Å²) in [5, 5.41) is 12.8. The topological polar surface area (TPSA) is 49.3 Å². The van der Waals surface area contributed by atoms with Crippen molar-refractivity contribution in [2.24, 2.45) is 5.92 Å². The number of aliphatic carboxylic acids is 1. The molecule has 1 rings (SSSR count). The average Bonchev–Trinajstić information content (AvgIpc) is 2.24. The van der Waals surface area contributed by atoms with E-state index in [1.807, 2.05) is 0 Å². The van der Waals surface area contributed by atoms with Crippen molar-refractivity contribution in [1.29, 1.82) is 0 Å². The lowest BCUT2D eigenvalue weighted by Crippen LogP contribution is -2.28. The van der Waals surface area contributed by atoms with Crippen LogP contribution in [0.1, 0.15) is 18.5 Å². The number of carboxylic acids is 1. The van der Waals surface area contributed by atoms with Crippen LogP contribution >= 0.6 is 23.2 Å². The van der Waals surface area contributed by atoms with E-state index in [2.05, 4.69) is 5.32 Å². The molecule has 0 radical (unpaired) electrons. The summed E-state index contributed by atoms with van der Waals surface area (Å²) in [6.45, 7) is 1.64. The molecule has 5 heteroatoms. The highest BCUT2D eigenvalue weighted by molar-refractivity contribution is 6.42. The van der Waals surface area contributed by atoms with Gasteiger partial charge < -0.3 is 10.4 Å². The predicted octanol–water partition coefficient (Wildman–Crippen LogP) is 2.97. The molecule has 0 saturated carbocycles. The third-order valence-corrected chi connectivity index (χ3v) is 3.24. The molecule has 16 heavy (non-hydrogen) atoms. The molecule has 0 aliphatic rings. The first-order chi connectivity index (χ1) is 7.47. The van der Waals surface area contributed by atoms with Gasteiger partial charge in [0.15, 0.2) is 0 Å². The first-order valence-corrected chi connectivity index (χ1v) is 5.58. The molecule has 0 aliphatic carbocycles. The van der Waals surface area contributed by atoms with E-state index in [0.717, 1.165) is 5.56 Å². The van der Waals surface area contributed by atoms with Crippen molar-refractivity contribution >= 4 is 29.2 Å². The van der Waals surface area contributed by atoms with Crippen LogP contribution < -0.4 is 5.32 Å². The molecule has 0 spiro atoms. The smallest absolute Gasteiger partial charge is 0.308 e. The van der Waals surface area contributed by atoms with Gasteiger partial charge in [0.2, 0.25) is 0 Å². The zero-order valence-electron chi connectivity index (χ0n) is 9.00. The molecule has 0 amide bonds. The maximum absolute atomic E-state index is 10.9. The van der Waals surface area contributed by atoms with Gasteiger partial charge in [-0.2, -0.15) is 0 Å². The Labute approximate surface area is 104 Å². The van der Waals surface area contributed by atoms with Crippen LogP contribution in [-0.4, -0.2) is 18.1 Å². The van der Waals surface area contributed by atoms with E-state index in [0.29, 0.717) is 10.0 Å². The predicted molar refractivity (Wildman–Crippen MR) is 65.1 cm³/mol. The van der Waals surface area contributed by atoms with Crippen molar-refractivity contribution < 1.29 is 9.90 Å². The minimum atomic E-state index is -0.856. The van der Waals surface area contributed by atoms with Gasteiger partial charge in [0.1, 0.15) is 0 Å². The Morgan fingerprint density at radius 3 is 2.44 bits per heavy atom. The molecular weight excluding hydrogens is 249 g/mol. The maximum Gasteiger partial charge on any atom is 0.308 e. The van der Waals surface area contributed by atoms with Crippen LogP contribution in [0.2, 0.25) is 10.0 Å². The van der Waals surface area contributed by atoms with E-state index in [1.165, 1.54) is 0 Å². The SMILES string of the molecule is CNC(c1ccc(Cl)c(Cl)c1)C(C)C(=O)O. The molecular formula is C11H13Cl2NO2. The Hall–Kier alpha value is -0.770. The van der Waals surface area contributed by atoms with Gasteiger partial charge in [-0.15, -0.1) is 0 Å². The molecule has 0 fully saturated rings. The van der Waals surface area contributed by atoms with Crippen LogP contribution in [0.3, 0.4) is 0 Å². The average molecular weight is 262 g/mol. The van der Waals surface area contributed by atoms with Gasteiger partial charge in [-0.3, -0.25) is 4.79 Å². The molecule has 3 nitrogen and oxygen atoms in total. The minimum Gasteiger partial charge on any atom is -0.481 e. The molecule has 88 valence electrons. The largest absolute Gasteiger partial charge is 0.481 e. The summed E-state index contributed by atoms with van der Waals surface area (Å²) in [4.78, 5) is 10.9. The van der Waals surface area contributed by atoms with Gasteiger partial charge in [-0.25, -0.2) is 0 Å². The summed E-state index contributed by atoms with van der Waals surface area (Å²) in [6.07, 6.45) is 0. The highest BCUT2D eigenvalue weighted by Crippen LogP contribution is 2.28. The Morgan fingerprint density at radius 2 is 2.00 bits per heavy atom. The van der Waals surface area contributed by atoms with Gasteiger partial charge in [0, 0.05) is 6.04 Å². The monoisotopic (exact) mass is 261 g/mol. The second-order valence-corrected chi connectivity index (χ2v) is 4.38.